The lowest BCUT2D eigenvalue weighted by atomic mass is 9.92. The third-order valence-electron chi connectivity index (χ3n) is 4.42. The summed E-state index contributed by atoms with van der Waals surface area (Å²) in [6.45, 7) is 3.98. The number of ether oxygens (including phenoxy) is 1. The predicted octanol–water partition coefficient (Wildman–Crippen LogP) is 4.46. The van der Waals surface area contributed by atoms with Crippen molar-refractivity contribution in [3.8, 4) is 0 Å². The predicted molar refractivity (Wildman–Crippen MR) is 87.4 cm³/mol. The fraction of sp³-hybridized carbons (Fsp3) is 0.562. The number of halogens is 2. The number of fused-ring (bicyclic) bond motifs is 1. The minimum absolute atomic E-state index is 0.385. The van der Waals surface area contributed by atoms with Gasteiger partial charge in [0.1, 0.15) is 11.3 Å². The summed E-state index contributed by atoms with van der Waals surface area (Å²) in [7, 11) is 0. The van der Waals surface area contributed by atoms with Gasteiger partial charge in [0.2, 0.25) is 0 Å². The van der Waals surface area contributed by atoms with Crippen LogP contribution in [0.1, 0.15) is 31.6 Å². The fourth-order valence-electron chi connectivity index (χ4n) is 3.26. The largest absolute Gasteiger partial charge is 0.381 e. The first-order valence-corrected chi connectivity index (χ1v) is 8.42. The Balaban J connectivity index is 2.05. The van der Waals surface area contributed by atoms with Gasteiger partial charge in [-0.25, -0.2) is 4.98 Å². The Morgan fingerprint density at radius 3 is 2.86 bits per heavy atom. The molecule has 3 rings (SSSR count). The molecule has 2 heterocycles. The molecule has 1 saturated heterocycles. The number of rotatable bonds is 4. The van der Waals surface area contributed by atoms with Gasteiger partial charge in [-0.3, -0.25) is 0 Å². The molecule has 0 radical (unpaired) electrons. The van der Waals surface area contributed by atoms with Crippen LogP contribution in [0.3, 0.4) is 0 Å². The van der Waals surface area contributed by atoms with Crippen molar-refractivity contribution in [1.29, 1.82) is 0 Å². The Kier molecular flexibility index (Phi) is 4.72. The van der Waals surface area contributed by atoms with Crippen LogP contribution in [-0.4, -0.2) is 28.6 Å². The van der Waals surface area contributed by atoms with E-state index in [4.69, 9.17) is 32.9 Å². The third-order valence-corrected chi connectivity index (χ3v) is 4.91. The zero-order valence-electron chi connectivity index (χ0n) is 12.2. The number of alkyl halides is 1. The van der Waals surface area contributed by atoms with Gasteiger partial charge in [-0.2, -0.15) is 0 Å². The Hall–Kier alpha value is -0.770. The molecule has 1 aliphatic rings. The van der Waals surface area contributed by atoms with E-state index in [2.05, 4.69) is 17.6 Å². The van der Waals surface area contributed by atoms with E-state index in [0.29, 0.717) is 22.9 Å². The van der Waals surface area contributed by atoms with Gasteiger partial charge in [-0.1, -0.05) is 17.7 Å². The summed E-state index contributed by atoms with van der Waals surface area (Å²) in [6.07, 6.45) is 2.96. The van der Waals surface area contributed by atoms with Crippen LogP contribution in [0.2, 0.25) is 5.02 Å². The van der Waals surface area contributed by atoms with E-state index < -0.39 is 0 Å². The van der Waals surface area contributed by atoms with Crippen molar-refractivity contribution in [2.75, 3.05) is 19.1 Å². The van der Waals surface area contributed by atoms with Crippen molar-refractivity contribution in [3.63, 3.8) is 0 Å². The van der Waals surface area contributed by atoms with E-state index in [1.165, 1.54) is 0 Å². The molecule has 1 fully saturated rings. The van der Waals surface area contributed by atoms with Gasteiger partial charge >= 0.3 is 0 Å². The highest BCUT2D eigenvalue weighted by molar-refractivity contribution is 6.34. The first-order chi connectivity index (χ1) is 10.2. The van der Waals surface area contributed by atoms with Crippen LogP contribution in [0, 0.1) is 5.92 Å². The van der Waals surface area contributed by atoms with Gasteiger partial charge in [0.15, 0.2) is 0 Å². The van der Waals surface area contributed by atoms with Gasteiger partial charge < -0.3 is 9.30 Å². The summed E-state index contributed by atoms with van der Waals surface area (Å²) in [4.78, 5) is 4.73. The highest BCUT2D eigenvalue weighted by Gasteiger charge is 2.25. The lowest BCUT2D eigenvalue weighted by molar-refractivity contribution is 0.0515. The molecule has 3 nitrogen and oxygen atoms in total. The van der Waals surface area contributed by atoms with Crippen molar-refractivity contribution in [3.05, 3.63) is 29.0 Å². The topological polar surface area (TPSA) is 27.1 Å². The number of hydrogen-bond donors (Lipinski definition) is 0. The smallest absolute Gasteiger partial charge is 0.111 e. The van der Waals surface area contributed by atoms with E-state index in [1.807, 2.05) is 12.1 Å². The van der Waals surface area contributed by atoms with Crippen LogP contribution in [0.4, 0.5) is 0 Å². The number of aromatic nitrogens is 2. The second-order valence-corrected chi connectivity index (χ2v) is 6.42. The molecule has 1 aliphatic heterocycles. The highest BCUT2D eigenvalue weighted by atomic mass is 35.5. The standard InChI is InChI=1S/C16H20Cl2N2O/c1-11(12-6-9-21-10-7-12)20-14-4-2-3-13(18)16(14)19-15(20)5-8-17/h2-4,11-12H,5-10H2,1H3. The van der Waals surface area contributed by atoms with E-state index in [1.54, 1.807) is 0 Å². The molecule has 0 spiro atoms. The van der Waals surface area contributed by atoms with Gasteiger partial charge in [-0.05, 0) is 37.8 Å². The first kappa shape index (κ1) is 15.1. The molecule has 2 aromatic rings. The maximum absolute atomic E-state index is 6.30. The highest BCUT2D eigenvalue weighted by Crippen LogP contribution is 2.33. The molecule has 1 aromatic carbocycles. The number of hydrogen-bond acceptors (Lipinski definition) is 2. The average Bonchev–Trinajstić information content (AvgIpc) is 2.87. The summed E-state index contributed by atoms with van der Waals surface area (Å²) in [5.74, 6) is 2.22. The minimum Gasteiger partial charge on any atom is -0.381 e. The number of aryl methyl sites for hydroxylation is 1. The Bertz CT molecular complexity index is 620. The Labute approximate surface area is 135 Å². The van der Waals surface area contributed by atoms with Crippen LogP contribution in [-0.2, 0) is 11.2 Å². The van der Waals surface area contributed by atoms with Crippen molar-refractivity contribution >= 4 is 34.2 Å². The average molecular weight is 327 g/mol. The van der Waals surface area contributed by atoms with E-state index in [9.17, 15) is 0 Å². The van der Waals surface area contributed by atoms with Gasteiger partial charge in [-0.15, -0.1) is 11.6 Å². The molecule has 1 unspecified atom stereocenters. The SMILES string of the molecule is CC(C1CCOCC1)n1c(CCCl)nc2c(Cl)cccc21. The van der Waals surface area contributed by atoms with Gasteiger partial charge in [0, 0.05) is 31.6 Å². The Morgan fingerprint density at radius 2 is 2.14 bits per heavy atom. The summed E-state index contributed by atoms with van der Waals surface area (Å²) < 4.78 is 7.82. The molecule has 114 valence electrons. The van der Waals surface area contributed by atoms with Crippen LogP contribution < -0.4 is 0 Å². The van der Waals surface area contributed by atoms with Crippen molar-refractivity contribution < 1.29 is 4.74 Å². The lowest BCUT2D eigenvalue weighted by Gasteiger charge is -2.30. The third kappa shape index (κ3) is 2.92. The van der Waals surface area contributed by atoms with E-state index in [0.717, 1.165) is 49.3 Å². The van der Waals surface area contributed by atoms with E-state index in [-0.39, 0.29) is 0 Å². The maximum Gasteiger partial charge on any atom is 0.111 e. The zero-order chi connectivity index (χ0) is 14.8. The first-order valence-electron chi connectivity index (χ1n) is 7.51. The number of nitrogens with zero attached hydrogens (tertiary/aromatic N) is 2. The maximum atomic E-state index is 6.30. The monoisotopic (exact) mass is 326 g/mol. The van der Waals surface area contributed by atoms with Crippen molar-refractivity contribution in [1.82, 2.24) is 9.55 Å². The molecule has 0 aliphatic carbocycles. The molecule has 0 amide bonds. The summed E-state index contributed by atoms with van der Waals surface area (Å²) in [5.41, 5.74) is 2.00. The summed E-state index contributed by atoms with van der Waals surface area (Å²) in [5, 5.41) is 0.709. The summed E-state index contributed by atoms with van der Waals surface area (Å²) in [6, 6.07) is 6.37. The molecule has 0 bridgehead atoms. The fourth-order valence-corrected chi connectivity index (χ4v) is 3.64. The van der Waals surface area contributed by atoms with Crippen LogP contribution in [0.5, 0.6) is 0 Å². The van der Waals surface area contributed by atoms with Crippen LogP contribution >= 0.6 is 23.2 Å². The second-order valence-electron chi connectivity index (χ2n) is 5.63. The normalized spacial score (nSPS) is 18.2. The van der Waals surface area contributed by atoms with Crippen LogP contribution in [0.25, 0.3) is 11.0 Å². The molecule has 1 atom stereocenters. The molecular formula is C16H20Cl2N2O. The number of imidazole rings is 1. The molecule has 5 heteroatoms. The van der Waals surface area contributed by atoms with Crippen molar-refractivity contribution in [2.24, 2.45) is 5.92 Å². The molecule has 21 heavy (non-hydrogen) atoms. The summed E-state index contributed by atoms with van der Waals surface area (Å²) >= 11 is 12.3. The second kappa shape index (κ2) is 6.55. The Morgan fingerprint density at radius 1 is 1.38 bits per heavy atom. The zero-order valence-corrected chi connectivity index (χ0v) is 13.7. The van der Waals surface area contributed by atoms with Gasteiger partial charge in [0.25, 0.3) is 0 Å². The molecule has 0 N–H and O–H groups in total. The molecule has 0 saturated carbocycles. The molecule has 1 aromatic heterocycles. The van der Waals surface area contributed by atoms with Gasteiger partial charge in [0.05, 0.1) is 10.5 Å². The van der Waals surface area contributed by atoms with Crippen molar-refractivity contribution in [2.45, 2.75) is 32.2 Å². The quantitative estimate of drug-likeness (QED) is 0.775. The minimum atomic E-state index is 0.385. The lowest BCUT2D eigenvalue weighted by Crippen LogP contribution is -2.25. The number of para-hydroxylation sites is 1. The number of benzene rings is 1. The van der Waals surface area contributed by atoms with E-state index >= 15 is 0 Å². The van der Waals surface area contributed by atoms with Crippen LogP contribution in [0.15, 0.2) is 18.2 Å². The molecular weight excluding hydrogens is 307 g/mol.